The van der Waals surface area contributed by atoms with E-state index in [4.69, 9.17) is 4.74 Å². The highest BCUT2D eigenvalue weighted by Gasteiger charge is 2.27. The van der Waals surface area contributed by atoms with Crippen molar-refractivity contribution in [1.29, 1.82) is 0 Å². The fraction of sp³-hybridized carbons (Fsp3) is 0.261. The Morgan fingerprint density at radius 2 is 2.00 bits per heavy atom. The molecule has 0 fully saturated rings. The summed E-state index contributed by atoms with van der Waals surface area (Å²) in [5.41, 5.74) is 4.98. The number of fused-ring (bicyclic) bond motifs is 3. The van der Waals surface area contributed by atoms with Gasteiger partial charge in [-0.25, -0.2) is 4.68 Å². The second kappa shape index (κ2) is 7.33. The molecule has 5 rings (SSSR count). The van der Waals surface area contributed by atoms with Gasteiger partial charge in [0.1, 0.15) is 11.4 Å². The number of carbonyl (C=O) groups is 1. The average molecular weight is 402 g/mol. The smallest absolute Gasteiger partial charge is 0.307 e. The number of nitrogens with zero attached hydrogens (tertiary/aromatic N) is 4. The Morgan fingerprint density at radius 3 is 2.77 bits per heavy atom. The summed E-state index contributed by atoms with van der Waals surface area (Å²) in [6, 6.07) is 16.0. The maximum absolute atomic E-state index is 11.4. The molecule has 1 atom stereocenters. The summed E-state index contributed by atoms with van der Waals surface area (Å²) in [4.78, 5) is 11.4. The molecule has 0 radical (unpaired) electrons. The monoisotopic (exact) mass is 402 g/mol. The summed E-state index contributed by atoms with van der Waals surface area (Å²) in [7, 11) is 1.65. The number of para-hydroxylation sites is 1. The second-order valence-electron chi connectivity index (χ2n) is 7.63. The molecule has 1 N–H and O–H groups in total. The van der Waals surface area contributed by atoms with Gasteiger partial charge in [0.15, 0.2) is 0 Å². The molecule has 0 aliphatic carbocycles. The van der Waals surface area contributed by atoms with Gasteiger partial charge >= 0.3 is 5.97 Å². The van der Waals surface area contributed by atoms with Crippen LogP contribution in [0.5, 0.6) is 5.75 Å². The maximum Gasteiger partial charge on any atom is 0.307 e. The van der Waals surface area contributed by atoms with E-state index in [1.54, 1.807) is 7.11 Å². The lowest BCUT2D eigenvalue weighted by Crippen LogP contribution is -2.24. The molecule has 152 valence electrons. The molecule has 3 heterocycles. The normalized spacial score (nSPS) is 15.8. The molecule has 4 aromatic rings. The first-order valence-electron chi connectivity index (χ1n) is 10.0. The SMILES string of the molecule is COc1ccc(-c2cn(C3CCc4c(CC(=O)O)c5ccccc5n4C3)nn2)cc1. The first kappa shape index (κ1) is 18.4. The van der Waals surface area contributed by atoms with Crippen LogP contribution in [0.2, 0.25) is 0 Å². The van der Waals surface area contributed by atoms with Crippen LogP contribution in [-0.2, 0) is 24.2 Å². The quantitative estimate of drug-likeness (QED) is 0.550. The molecule has 1 unspecified atom stereocenters. The zero-order valence-corrected chi connectivity index (χ0v) is 16.7. The molecule has 7 nitrogen and oxygen atoms in total. The van der Waals surface area contributed by atoms with Crippen LogP contribution in [-0.4, -0.2) is 37.7 Å². The number of aliphatic carboxylic acids is 1. The minimum atomic E-state index is -0.795. The van der Waals surface area contributed by atoms with Crippen LogP contribution in [0.15, 0.2) is 54.7 Å². The minimum absolute atomic E-state index is 0.0540. The molecule has 2 aromatic heterocycles. The van der Waals surface area contributed by atoms with E-state index < -0.39 is 5.97 Å². The number of carboxylic acids is 1. The van der Waals surface area contributed by atoms with E-state index in [0.717, 1.165) is 58.6 Å². The average Bonchev–Trinajstić information content (AvgIpc) is 3.38. The van der Waals surface area contributed by atoms with E-state index in [9.17, 15) is 9.90 Å². The highest BCUT2D eigenvalue weighted by Crippen LogP contribution is 2.34. The number of aromatic nitrogens is 4. The van der Waals surface area contributed by atoms with Gasteiger partial charge in [-0.3, -0.25) is 4.79 Å². The Balaban J connectivity index is 1.46. The van der Waals surface area contributed by atoms with E-state index in [1.807, 2.05) is 53.3 Å². The van der Waals surface area contributed by atoms with Crippen LogP contribution in [0.4, 0.5) is 0 Å². The number of rotatable bonds is 5. The van der Waals surface area contributed by atoms with E-state index >= 15 is 0 Å². The van der Waals surface area contributed by atoms with Gasteiger partial charge < -0.3 is 14.4 Å². The van der Waals surface area contributed by atoms with Crippen molar-refractivity contribution in [3.63, 3.8) is 0 Å². The zero-order valence-electron chi connectivity index (χ0n) is 16.7. The van der Waals surface area contributed by atoms with Crippen molar-refractivity contribution in [2.24, 2.45) is 0 Å². The Kier molecular flexibility index (Phi) is 4.50. The summed E-state index contributed by atoms with van der Waals surface area (Å²) >= 11 is 0. The fourth-order valence-electron chi connectivity index (χ4n) is 4.44. The van der Waals surface area contributed by atoms with Crippen LogP contribution in [0.25, 0.3) is 22.2 Å². The standard InChI is InChI=1S/C23H22N4O3/c1-30-17-9-6-15(7-10-17)20-14-27(25-24-20)16-8-11-22-19(12-23(28)29)18-4-2-3-5-21(18)26(22)13-16/h2-7,9-10,14,16H,8,11-13H2,1H3,(H,28,29). The van der Waals surface area contributed by atoms with Crippen LogP contribution < -0.4 is 4.74 Å². The predicted molar refractivity (Wildman–Crippen MR) is 113 cm³/mol. The Labute approximate surface area is 173 Å². The Morgan fingerprint density at radius 1 is 1.20 bits per heavy atom. The highest BCUT2D eigenvalue weighted by molar-refractivity contribution is 5.89. The Hall–Kier alpha value is -3.61. The number of benzene rings is 2. The number of hydrogen-bond donors (Lipinski definition) is 1. The van der Waals surface area contributed by atoms with E-state index in [2.05, 4.69) is 20.9 Å². The summed E-state index contributed by atoms with van der Waals surface area (Å²) in [5.74, 6) is 0.0132. The molecule has 0 saturated heterocycles. The summed E-state index contributed by atoms with van der Waals surface area (Å²) in [5, 5.41) is 19.2. The Bertz CT molecular complexity index is 1220. The molecular weight excluding hydrogens is 380 g/mol. The number of ether oxygens (including phenoxy) is 1. The zero-order chi connectivity index (χ0) is 20.7. The summed E-state index contributed by atoms with van der Waals surface area (Å²) in [6.45, 7) is 0.751. The van der Waals surface area contributed by atoms with E-state index in [-0.39, 0.29) is 12.5 Å². The molecule has 7 heteroatoms. The van der Waals surface area contributed by atoms with E-state index in [0.29, 0.717) is 0 Å². The van der Waals surface area contributed by atoms with Gasteiger partial charge in [0.25, 0.3) is 0 Å². The van der Waals surface area contributed by atoms with Gasteiger partial charge in [0.2, 0.25) is 0 Å². The van der Waals surface area contributed by atoms with Crippen molar-refractivity contribution in [3.05, 3.63) is 66.0 Å². The lowest BCUT2D eigenvalue weighted by atomic mass is 10.0. The van der Waals surface area contributed by atoms with Gasteiger partial charge in [-0.1, -0.05) is 23.4 Å². The first-order chi connectivity index (χ1) is 14.6. The van der Waals surface area contributed by atoms with Gasteiger partial charge in [0, 0.05) is 28.7 Å². The molecular formula is C23H22N4O3. The topological polar surface area (TPSA) is 82.2 Å². The molecule has 0 bridgehead atoms. The molecule has 1 aliphatic heterocycles. The maximum atomic E-state index is 11.4. The van der Waals surface area contributed by atoms with Crippen molar-refractivity contribution in [2.45, 2.75) is 31.8 Å². The largest absolute Gasteiger partial charge is 0.497 e. The molecule has 1 aliphatic rings. The van der Waals surface area contributed by atoms with Gasteiger partial charge in [-0.05, 0) is 48.7 Å². The predicted octanol–water partition coefficient (Wildman–Crippen LogP) is 3.72. The second-order valence-corrected chi connectivity index (χ2v) is 7.63. The third-order valence-electron chi connectivity index (χ3n) is 5.90. The van der Waals surface area contributed by atoms with Crippen molar-refractivity contribution < 1.29 is 14.6 Å². The number of carboxylic acid groups (broad SMARTS) is 1. The number of methoxy groups -OCH3 is 1. The van der Waals surface area contributed by atoms with E-state index in [1.165, 1.54) is 0 Å². The molecule has 30 heavy (non-hydrogen) atoms. The lowest BCUT2D eigenvalue weighted by Gasteiger charge is -2.26. The van der Waals surface area contributed by atoms with Crippen molar-refractivity contribution in [1.82, 2.24) is 19.6 Å². The van der Waals surface area contributed by atoms with Crippen molar-refractivity contribution >= 4 is 16.9 Å². The van der Waals surface area contributed by atoms with Crippen molar-refractivity contribution in [3.8, 4) is 17.0 Å². The van der Waals surface area contributed by atoms with Crippen LogP contribution >= 0.6 is 0 Å². The molecule has 0 saturated carbocycles. The minimum Gasteiger partial charge on any atom is -0.497 e. The molecule has 2 aromatic carbocycles. The fourth-order valence-corrected chi connectivity index (χ4v) is 4.44. The summed E-state index contributed by atoms with van der Waals surface area (Å²) in [6.07, 6.45) is 3.76. The van der Waals surface area contributed by atoms with Gasteiger partial charge in [-0.15, -0.1) is 5.10 Å². The number of hydrogen-bond acceptors (Lipinski definition) is 4. The first-order valence-corrected chi connectivity index (χ1v) is 10.0. The third kappa shape index (κ3) is 3.12. The highest BCUT2D eigenvalue weighted by atomic mass is 16.5. The van der Waals surface area contributed by atoms with Crippen LogP contribution in [0.1, 0.15) is 23.7 Å². The molecule has 0 spiro atoms. The summed E-state index contributed by atoms with van der Waals surface area (Å²) < 4.78 is 9.42. The van der Waals surface area contributed by atoms with Crippen LogP contribution in [0, 0.1) is 0 Å². The third-order valence-corrected chi connectivity index (χ3v) is 5.90. The molecule has 0 amide bonds. The lowest BCUT2D eigenvalue weighted by molar-refractivity contribution is -0.136. The van der Waals surface area contributed by atoms with Gasteiger partial charge in [0.05, 0.1) is 25.8 Å². The van der Waals surface area contributed by atoms with Crippen LogP contribution in [0.3, 0.4) is 0 Å². The van der Waals surface area contributed by atoms with Crippen molar-refractivity contribution in [2.75, 3.05) is 7.11 Å². The van der Waals surface area contributed by atoms with Gasteiger partial charge in [-0.2, -0.15) is 0 Å².